The van der Waals surface area contributed by atoms with Crippen molar-refractivity contribution in [3.8, 4) is 12.3 Å². The van der Waals surface area contributed by atoms with E-state index in [1.54, 1.807) is 0 Å². The Bertz CT molecular complexity index is 673. The zero-order chi connectivity index (χ0) is 15.6. The number of terminal acetylenes is 1. The van der Waals surface area contributed by atoms with E-state index in [1.807, 2.05) is 0 Å². The van der Waals surface area contributed by atoms with Gasteiger partial charge < -0.3 is 4.74 Å². The van der Waals surface area contributed by atoms with Crippen LogP contribution in [0.5, 0.6) is 0 Å². The molecule has 2 rings (SSSR count). The molecule has 2 atom stereocenters. The number of hydrogen-bond acceptors (Lipinski definition) is 7. The number of aromatic amines is 1. The molecule has 0 bridgehead atoms. The van der Waals surface area contributed by atoms with Crippen molar-refractivity contribution in [2.75, 3.05) is 6.61 Å². The van der Waals surface area contributed by atoms with E-state index in [0.717, 1.165) is 0 Å². The van der Waals surface area contributed by atoms with Crippen LogP contribution in [0.1, 0.15) is 24.6 Å². The number of aromatic nitrogens is 2. The maximum atomic E-state index is 11.9. The van der Waals surface area contributed by atoms with E-state index in [2.05, 4.69) is 15.4 Å². The number of nitrogens with zero attached hydrogens (tertiary/aromatic N) is 1. The van der Waals surface area contributed by atoms with Crippen LogP contribution in [0.2, 0.25) is 0 Å². The van der Waals surface area contributed by atoms with E-state index < -0.39 is 26.2 Å². The van der Waals surface area contributed by atoms with Crippen LogP contribution in [0.3, 0.4) is 0 Å². The molecule has 0 amide bonds. The largest absolute Gasteiger partial charge is 0.567 e. The maximum absolute atomic E-state index is 11.9. The Kier molecular flexibility index (Phi) is 4.91. The third-order valence-electron chi connectivity index (χ3n) is 2.95. The summed E-state index contributed by atoms with van der Waals surface area (Å²) in [6, 6.07) is 0. The molecule has 2 unspecified atom stereocenters. The van der Waals surface area contributed by atoms with E-state index in [0.29, 0.717) is 18.4 Å². The summed E-state index contributed by atoms with van der Waals surface area (Å²) in [5, 5.41) is 0. The Balaban J connectivity index is 2.10. The summed E-state index contributed by atoms with van der Waals surface area (Å²) >= 11 is 4.93. The zero-order valence-electron chi connectivity index (χ0n) is 10.8. The molecule has 4 N–H and O–H groups in total. The van der Waals surface area contributed by atoms with Crippen molar-refractivity contribution in [3.05, 3.63) is 26.9 Å². The highest BCUT2D eigenvalue weighted by atomic mass is 32.1. The Labute approximate surface area is 125 Å². The Morgan fingerprint density at radius 2 is 2.29 bits per heavy atom. The van der Waals surface area contributed by atoms with Gasteiger partial charge in [0.25, 0.3) is 0 Å². The minimum Gasteiger partial charge on any atom is -0.352 e. The quantitative estimate of drug-likeness (QED) is 0.354. The lowest BCUT2D eigenvalue weighted by molar-refractivity contribution is -0.0271. The van der Waals surface area contributed by atoms with Crippen molar-refractivity contribution in [1.82, 2.24) is 9.55 Å². The molecular formula is C11H14N2O6PS+. The Hall–Kier alpha value is -1.11. The van der Waals surface area contributed by atoms with Crippen molar-refractivity contribution in [3.63, 3.8) is 0 Å². The van der Waals surface area contributed by atoms with Crippen LogP contribution >= 0.6 is 20.4 Å². The fourth-order valence-corrected chi connectivity index (χ4v) is 2.56. The van der Waals surface area contributed by atoms with Crippen LogP contribution < -0.4 is 5.69 Å². The average molecular weight is 333 g/mol. The van der Waals surface area contributed by atoms with Gasteiger partial charge in [-0.05, 0) is 12.8 Å². The molecule has 1 aromatic heterocycles. The SMILES string of the molecule is C#Cc1cn(C2CCC(CO[P+](O)(O)O)O2)c(=O)[nH]c1=S. The first-order valence-corrected chi connectivity index (χ1v) is 7.97. The average Bonchev–Trinajstić information content (AvgIpc) is 2.84. The van der Waals surface area contributed by atoms with E-state index in [9.17, 15) is 4.79 Å². The summed E-state index contributed by atoms with van der Waals surface area (Å²) in [6.45, 7) is -0.187. The number of H-pyrrole nitrogens is 1. The van der Waals surface area contributed by atoms with Gasteiger partial charge in [0.05, 0.1) is 11.7 Å². The summed E-state index contributed by atoms with van der Waals surface area (Å²) in [6.07, 6.45) is 6.75. The Morgan fingerprint density at radius 1 is 1.57 bits per heavy atom. The van der Waals surface area contributed by atoms with Gasteiger partial charge in [-0.1, -0.05) is 18.1 Å². The normalized spacial score (nSPS) is 22.2. The van der Waals surface area contributed by atoms with Crippen LogP contribution in [-0.4, -0.2) is 36.9 Å². The molecule has 21 heavy (non-hydrogen) atoms. The molecule has 8 nitrogen and oxygen atoms in total. The summed E-state index contributed by atoms with van der Waals surface area (Å²) in [7, 11) is -4.28. The molecule has 0 radical (unpaired) electrons. The molecule has 114 valence electrons. The van der Waals surface area contributed by atoms with E-state index in [-0.39, 0.29) is 11.2 Å². The van der Waals surface area contributed by atoms with Gasteiger partial charge in [-0.15, -0.1) is 6.42 Å². The number of ether oxygens (including phenoxy) is 1. The van der Waals surface area contributed by atoms with Crippen LogP contribution in [0.25, 0.3) is 0 Å². The lowest BCUT2D eigenvalue weighted by atomic mass is 10.2. The smallest absolute Gasteiger partial charge is 0.352 e. The van der Waals surface area contributed by atoms with Crippen molar-refractivity contribution in [2.45, 2.75) is 25.2 Å². The molecule has 2 heterocycles. The second-order valence-electron chi connectivity index (χ2n) is 4.45. The van der Waals surface area contributed by atoms with Crippen molar-refractivity contribution < 1.29 is 23.9 Å². The molecule has 0 saturated carbocycles. The molecule has 10 heteroatoms. The highest BCUT2D eigenvalue weighted by Gasteiger charge is 2.37. The summed E-state index contributed by atoms with van der Waals surface area (Å²) in [4.78, 5) is 40.6. The summed E-state index contributed by atoms with van der Waals surface area (Å²) in [5.74, 6) is 2.37. The first-order valence-electron chi connectivity index (χ1n) is 5.99. The summed E-state index contributed by atoms with van der Waals surface area (Å²) in [5.41, 5.74) is -0.0715. The van der Waals surface area contributed by atoms with Crippen molar-refractivity contribution >= 4 is 20.4 Å². The molecule has 0 aromatic carbocycles. The highest BCUT2D eigenvalue weighted by Crippen LogP contribution is 2.46. The lowest BCUT2D eigenvalue weighted by Crippen LogP contribution is -2.28. The summed E-state index contributed by atoms with van der Waals surface area (Å²) < 4.78 is 11.5. The fraction of sp³-hybridized carbons (Fsp3) is 0.455. The fourth-order valence-electron chi connectivity index (χ4n) is 2.00. The topological polar surface area (TPSA) is 117 Å². The van der Waals surface area contributed by atoms with E-state index in [1.165, 1.54) is 10.8 Å². The molecule has 0 aliphatic carbocycles. The van der Waals surface area contributed by atoms with E-state index in [4.69, 9.17) is 38.1 Å². The van der Waals surface area contributed by atoms with Crippen LogP contribution in [0.15, 0.2) is 11.0 Å². The van der Waals surface area contributed by atoms with Crippen molar-refractivity contribution in [2.24, 2.45) is 0 Å². The van der Waals surface area contributed by atoms with E-state index >= 15 is 0 Å². The van der Waals surface area contributed by atoms with Crippen LogP contribution in [-0.2, 0) is 9.26 Å². The molecule has 1 aliphatic rings. The van der Waals surface area contributed by atoms with Gasteiger partial charge >= 0.3 is 13.9 Å². The van der Waals surface area contributed by atoms with Gasteiger partial charge in [0.15, 0.2) is 0 Å². The third-order valence-corrected chi connectivity index (χ3v) is 3.77. The standard InChI is InChI=1S/C11H13N2O6PS/c1-2-7-5-13(11(14)12-10(7)21)9-4-3-8(19-9)6-18-20(15,16)17/h1,5,8-9,15-17H,3-4,6H2/p+1. The second kappa shape index (κ2) is 6.34. The van der Waals surface area contributed by atoms with Crippen LogP contribution in [0, 0.1) is 17.0 Å². The van der Waals surface area contributed by atoms with Crippen LogP contribution in [0.4, 0.5) is 0 Å². The molecule has 1 saturated heterocycles. The number of hydrogen-bond donors (Lipinski definition) is 4. The first kappa shape index (κ1) is 16.3. The molecule has 0 spiro atoms. The predicted molar refractivity (Wildman–Crippen MR) is 76.5 cm³/mol. The molecule has 1 aromatic rings. The maximum Gasteiger partial charge on any atom is 0.567 e. The Morgan fingerprint density at radius 3 is 2.90 bits per heavy atom. The third kappa shape index (κ3) is 4.18. The van der Waals surface area contributed by atoms with Gasteiger partial charge in [0.2, 0.25) is 0 Å². The number of rotatable bonds is 4. The molecule has 1 aliphatic heterocycles. The monoisotopic (exact) mass is 333 g/mol. The van der Waals surface area contributed by atoms with Gasteiger partial charge in [-0.3, -0.25) is 9.55 Å². The first-order chi connectivity index (χ1) is 9.80. The second-order valence-corrected chi connectivity index (χ2v) is 6.15. The lowest BCUT2D eigenvalue weighted by Gasteiger charge is -2.15. The van der Waals surface area contributed by atoms with Gasteiger partial charge in [0, 0.05) is 6.20 Å². The minimum absolute atomic E-state index is 0.187. The predicted octanol–water partition coefficient (Wildman–Crippen LogP) is 0.236. The molecule has 1 fully saturated rings. The zero-order valence-corrected chi connectivity index (χ0v) is 12.5. The van der Waals surface area contributed by atoms with Crippen molar-refractivity contribution in [1.29, 1.82) is 0 Å². The highest BCUT2D eigenvalue weighted by molar-refractivity contribution is 7.71. The number of nitrogens with one attached hydrogen (secondary N) is 1. The molecular weight excluding hydrogens is 319 g/mol. The van der Waals surface area contributed by atoms with Gasteiger partial charge in [-0.25, -0.2) is 4.79 Å². The van der Waals surface area contributed by atoms with Gasteiger partial charge in [-0.2, -0.15) is 19.2 Å². The minimum atomic E-state index is -4.28. The van der Waals surface area contributed by atoms with Gasteiger partial charge in [0.1, 0.15) is 17.5 Å².